The molecule has 1 fully saturated rings. The zero-order chi connectivity index (χ0) is 15.5. The minimum atomic E-state index is -0.964. The van der Waals surface area contributed by atoms with Gasteiger partial charge in [0, 0.05) is 13.1 Å². The van der Waals surface area contributed by atoms with E-state index >= 15 is 0 Å². The molecule has 1 aromatic rings. The van der Waals surface area contributed by atoms with Gasteiger partial charge in [0.25, 0.3) is 0 Å². The summed E-state index contributed by atoms with van der Waals surface area (Å²) in [6.45, 7) is 2.84. The first-order chi connectivity index (χ1) is 9.93. The molecule has 0 saturated heterocycles. The van der Waals surface area contributed by atoms with Gasteiger partial charge in [0.1, 0.15) is 0 Å². The van der Waals surface area contributed by atoms with Gasteiger partial charge in [-0.05, 0) is 49.3 Å². The molecular formula is C16H23F2NO2. The second kappa shape index (κ2) is 6.71. The van der Waals surface area contributed by atoms with Crippen LogP contribution in [-0.2, 0) is 6.54 Å². The molecule has 21 heavy (non-hydrogen) atoms. The van der Waals surface area contributed by atoms with Gasteiger partial charge in [-0.15, -0.1) is 0 Å². The Morgan fingerprint density at radius 1 is 1.24 bits per heavy atom. The van der Waals surface area contributed by atoms with Crippen LogP contribution in [0.5, 0.6) is 5.75 Å². The van der Waals surface area contributed by atoms with Gasteiger partial charge in [-0.3, -0.25) is 0 Å². The first kappa shape index (κ1) is 16.2. The summed E-state index contributed by atoms with van der Waals surface area (Å²) in [7, 11) is 0. The molecule has 5 heteroatoms. The van der Waals surface area contributed by atoms with Gasteiger partial charge < -0.3 is 15.5 Å². The van der Waals surface area contributed by atoms with Gasteiger partial charge in [-0.2, -0.15) is 0 Å². The first-order valence-corrected chi connectivity index (χ1v) is 7.53. The van der Waals surface area contributed by atoms with Crippen molar-refractivity contribution in [3.05, 3.63) is 29.3 Å². The zero-order valence-electron chi connectivity index (χ0n) is 12.3. The van der Waals surface area contributed by atoms with Crippen molar-refractivity contribution >= 4 is 0 Å². The first-order valence-electron chi connectivity index (χ1n) is 7.53. The molecule has 1 saturated carbocycles. The number of phenols is 1. The molecule has 0 aromatic heterocycles. The van der Waals surface area contributed by atoms with E-state index in [4.69, 9.17) is 5.11 Å². The third kappa shape index (κ3) is 4.14. The van der Waals surface area contributed by atoms with Crippen molar-refractivity contribution in [1.29, 1.82) is 0 Å². The van der Waals surface area contributed by atoms with Crippen molar-refractivity contribution in [3.8, 4) is 5.75 Å². The lowest BCUT2D eigenvalue weighted by Crippen LogP contribution is -2.43. The fourth-order valence-electron chi connectivity index (χ4n) is 2.96. The van der Waals surface area contributed by atoms with E-state index in [2.05, 4.69) is 12.2 Å². The van der Waals surface area contributed by atoms with Gasteiger partial charge in [0.05, 0.1) is 5.60 Å². The molecule has 118 valence electrons. The number of benzene rings is 1. The van der Waals surface area contributed by atoms with Gasteiger partial charge >= 0.3 is 0 Å². The molecule has 1 aliphatic carbocycles. The van der Waals surface area contributed by atoms with Gasteiger partial charge in [0.2, 0.25) is 0 Å². The fraction of sp³-hybridized carbons (Fsp3) is 0.625. The lowest BCUT2D eigenvalue weighted by molar-refractivity contribution is -0.00881. The molecule has 3 nitrogen and oxygen atoms in total. The smallest absolute Gasteiger partial charge is 0.187 e. The summed E-state index contributed by atoms with van der Waals surface area (Å²) in [5.41, 5.74) is -0.312. The van der Waals surface area contributed by atoms with E-state index in [1.165, 1.54) is 0 Å². The highest BCUT2D eigenvalue weighted by Crippen LogP contribution is 2.33. The van der Waals surface area contributed by atoms with Gasteiger partial charge in [-0.25, -0.2) is 8.78 Å². The van der Waals surface area contributed by atoms with Crippen molar-refractivity contribution < 1.29 is 19.0 Å². The molecule has 0 unspecified atom stereocenters. The average molecular weight is 299 g/mol. The molecule has 0 bridgehead atoms. The van der Waals surface area contributed by atoms with Crippen LogP contribution in [-0.4, -0.2) is 22.4 Å². The van der Waals surface area contributed by atoms with E-state index in [0.29, 0.717) is 18.0 Å². The third-order valence-electron chi connectivity index (χ3n) is 4.47. The van der Waals surface area contributed by atoms with Crippen LogP contribution in [0.25, 0.3) is 0 Å². The minimum Gasteiger partial charge on any atom is -0.503 e. The monoisotopic (exact) mass is 299 g/mol. The van der Waals surface area contributed by atoms with Crippen LogP contribution in [0.2, 0.25) is 0 Å². The SMILES string of the molecule is CCC1CCC(O)(CNCc2cc(F)c(O)c(F)c2)CC1. The zero-order valence-corrected chi connectivity index (χ0v) is 12.3. The lowest BCUT2D eigenvalue weighted by Gasteiger charge is -2.36. The molecule has 1 aliphatic rings. The largest absolute Gasteiger partial charge is 0.503 e. The van der Waals surface area contributed by atoms with E-state index in [-0.39, 0.29) is 6.54 Å². The highest BCUT2D eigenvalue weighted by atomic mass is 19.1. The Balaban J connectivity index is 1.84. The van der Waals surface area contributed by atoms with Crippen molar-refractivity contribution in [2.45, 2.75) is 51.2 Å². The van der Waals surface area contributed by atoms with Crippen LogP contribution in [0.15, 0.2) is 12.1 Å². The fourth-order valence-corrected chi connectivity index (χ4v) is 2.96. The highest BCUT2D eigenvalue weighted by molar-refractivity contribution is 5.29. The van der Waals surface area contributed by atoms with Crippen LogP contribution in [0.1, 0.15) is 44.6 Å². The highest BCUT2D eigenvalue weighted by Gasteiger charge is 2.32. The summed E-state index contributed by atoms with van der Waals surface area (Å²) in [6.07, 6.45) is 4.72. The lowest BCUT2D eigenvalue weighted by atomic mass is 9.78. The summed E-state index contributed by atoms with van der Waals surface area (Å²) < 4.78 is 26.4. The van der Waals surface area contributed by atoms with Crippen molar-refractivity contribution in [3.63, 3.8) is 0 Å². The molecular weight excluding hydrogens is 276 g/mol. The molecule has 0 spiro atoms. The van der Waals surface area contributed by atoms with Crippen molar-refractivity contribution in [2.75, 3.05) is 6.54 Å². The number of nitrogens with one attached hydrogen (secondary N) is 1. The molecule has 1 aromatic carbocycles. The number of halogens is 2. The van der Waals surface area contributed by atoms with E-state index < -0.39 is 23.0 Å². The third-order valence-corrected chi connectivity index (χ3v) is 4.47. The molecule has 3 N–H and O–H groups in total. The Morgan fingerprint density at radius 2 is 1.81 bits per heavy atom. The number of hydrogen-bond donors (Lipinski definition) is 3. The van der Waals surface area contributed by atoms with Crippen LogP contribution < -0.4 is 5.32 Å². The maximum atomic E-state index is 13.2. The normalized spacial score (nSPS) is 26.0. The van der Waals surface area contributed by atoms with Crippen LogP contribution in [0.4, 0.5) is 8.78 Å². The van der Waals surface area contributed by atoms with Crippen LogP contribution in [0, 0.1) is 17.6 Å². The summed E-state index contributed by atoms with van der Waals surface area (Å²) in [5, 5.41) is 22.6. The number of phenolic OH excluding ortho intramolecular Hbond substituents is 1. The van der Waals surface area contributed by atoms with E-state index in [9.17, 15) is 13.9 Å². The molecule has 0 radical (unpaired) electrons. The number of aromatic hydroxyl groups is 1. The van der Waals surface area contributed by atoms with Crippen LogP contribution in [0.3, 0.4) is 0 Å². The maximum absolute atomic E-state index is 13.2. The van der Waals surface area contributed by atoms with Crippen molar-refractivity contribution in [2.24, 2.45) is 5.92 Å². The average Bonchev–Trinajstić information content (AvgIpc) is 2.45. The van der Waals surface area contributed by atoms with E-state index in [1.807, 2.05) is 0 Å². The van der Waals surface area contributed by atoms with Crippen molar-refractivity contribution in [1.82, 2.24) is 5.32 Å². The maximum Gasteiger partial charge on any atom is 0.187 e. The van der Waals surface area contributed by atoms with E-state index in [0.717, 1.165) is 44.2 Å². The molecule has 2 rings (SSSR count). The second-order valence-corrected chi connectivity index (χ2v) is 6.09. The number of aliphatic hydroxyl groups is 1. The second-order valence-electron chi connectivity index (χ2n) is 6.09. The standard InChI is InChI=1S/C16H23F2NO2/c1-2-11-3-5-16(21,6-4-11)10-19-9-12-7-13(17)15(20)14(18)8-12/h7-8,11,19-21H,2-6,9-10H2,1H3. The summed E-state index contributed by atoms with van der Waals surface area (Å²) in [4.78, 5) is 0. The predicted molar refractivity (Wildman–Crippen MR) is 76.9 cm³/mol. The Hall–Kier alpha value is -1.20. The summed E-state index contributed by atoms with van der Waals surface area (Å²) >= 11 is 0. The molecule has 0 aliphatic heterocycles. The Morgan fingerprint density at radius 3 is 2.33 bits per heavy atom. The minimum absolute atomic E-state index is 0.258. The Bertz CT molecular complexity index is 462. The van der Waals surface area contributed by atoms with Gasteiger partial charge in [0.15, 0.2) is 17.4 Å². The molecule has 0 heterocycles. The van der Waals surface area contributed by atoms with Crippen LogP contribution >= 0.6 is 0 Å². The Labute approximate surface area is 124 Å². The number of rotatable bonds is 5. The predicted octanol–water partition coefficient (Wildman–Crippen LogP) is 3.09. The number of hydrogen-bond acceptors (Lipinski definition) is 3. The summed E-state index contributed by atoms with van der Waals surface area (Å²) in [6, 6.07) is 2.20. The Kier molecular flexibility index (Phi) is 5.17. The molecule has 0 atom stereocenters. The van der Waals surface area contributed by atoms with E-state index in [1.54, 1.807) is 0 Å². The van der Waals surface area contributed by atoms with Gasteiger partial charge in [-0.1, -0.05) is 13.3 Å². The topological polar surface area (TPSA) is 52.5 Å². The summed E-state index contributed by atoms with van der Waals surface area (Å²) in [5.74, 6) is -2.18. The molecule has 0 amide bonds. The quantitative estimate of drug-likeness (QED) is 0.783.